The number of sulfonamides is 1. The number of nitrogens with one attached hydrogen (secondary N) is 1. The van der Waals surface area contributed by atoms with Gasteiger partial charge in [-0.25, -0.2) is 13.1 Å². The Balaban J connectivity index is 2.10. The van der Waals surface area contributed by atoms with Crippen LogP contribution in [-0.2, 0) is 10.0 Å². The lowest BCUT2D eigenvalue weighted by Gasteiger charge is -2.08. The second-order valence-corrected chi connectivity index (χ2v) is 6.53. The highest BCUT2D eigenvalue weighted by molar-refractivity contribution is 7.89. The molecule has 0 aliphatic heterocycles. The fourth-order valence-electron chi connectivity index (χ4n) is 1.67. The summed E-state index contributed by atoms with van der Waals surface area (Å²) in [6, 6.07) is 6.08. The Hall–Kier alpha value is -1.09. The number of hydrogen-bond acceptors (Lipinski definition) is 3. The van der Waals surface area contributed by atoms with Crippen molar-refractivity contribution in [2.45, 2.75) is 24.2 Å². The molecule has 6 heteroatoms. The zero-order chi connectivity index (χ0) is 13.2. The summed E-state index contributed by atoms with van der Waals surface area (Å²) >= 11 is 5.88. The Morgan fingerprint density at radius 2 is 2.17 bits per heavy atom. The molecule has 1 aromatic rings. The fourth-order valence-corrected chi connectivity index (χ4v) is 3.26. The Morgan fingerprint density at radius 3 is 2.72 bits per heavy atom. The van der Waals surface area contributed by atoms with Crippen LogP contribution in [0.5, 0.6) is 0 Å². The van der Waals surface area contributed by atoms with Gasteiger partial charge in [-0.05, 0) is 30.5 Å². The molecule has 1 aliphatic carbocycles. The van der Waals surface area contributed by atoms with Crippen LogP contribution in [0.15, 0.2) is 23.1 Å². The van der Waals surface area contributed by atoms with Crippen LogP contribution in [0.3, 0.4) is 0 Å². The molecule has 0 aromatic heterocycles. The lowest BCUT2D eigenvalue weighted by molar-refractivity contribution is 0.575. The van der Waals surface area contributed by atoms with Crippen LogP contribution in [0.2, 0.25) is 5.02 Å². The van der Waals surface area contributed by atoms with E-state index in [2.05, 4.69) is 4.72 Å². The van der Waals surface area contributed by atoms with Gasteiger partial charge in [0.1, 0.15) is 4.90 Å². The summed E-state index contributed by atoms with van der Waals surface area (Å²) < 4.78 is 26.5. The standard InChI is InChI=1S/C12H13ClN2O2S/c13-11-7-10(8-14)3-4-12(11)18(16,17)15-6-5-9-1-2-9/h3-4,7,9,15H,1-2,5-6H2. The first-order chi connectivity index (χ1) is 8.53. The molecule has 18 heavy (non-hydrogen) atoms. The van der Waals surface area contributed by atoms with E-state index in [1.807, 2.05) is 6.07 Å². The van der Waals surface area contributed by atoms with E-state index in [9.17, 15) is 8.42 Å². The largest absolute Gasteiger partial charge is 0.242 e. The molecule has 0 saturated heterocycles. The zero-order valence-corrected chi connectivity index (χ0v) is 11.3. The van der Waals surface area contributed by atoms with Crippen LogP contribution >= 0.6 is 11.6 Å². The number of nitriles is 1. The Labute approximate surface area is 112 Å². The molecule has 0 unspecified atom stereocenters. The van der Waals surface area contributed by atoms with Gasteiger partial charge in [0.15, 0.2) is 0 Å². The molecule has 1 fully saturated rings. The number of halogens is 1. The van der Waals surface area contributed by atoms with E-state index in [4.69, 9.17) is 16.9 Å². The van der Waals surface area contributed by atoms with Crippen LogP contribution < -0.4 is 4.72 Å². The second-order valence-electron chi connectivity index (χ2n) is 4.39. The third kappa shape index (κ3) is 3.22. The molecule has 0 atom stereocenters. The smallest absolute Gasteiger partial charge is 0.211 e. The molecule has 0 radical (unpaired) electrons. The van der Waals surface area contributed by atoms with Crippen molar-refractivity contribution < 1.29 is 8.42 Å². The maximum absolute atomic E-state index is 12.0. The molecule has 2 rings (SSSR count). The monoisotopic (exact) mass is 284 g/mol. The topological polar surface area (TPSA) is 70.0 Å². The summed E-state index contributed by atoms with van der Waals surface area (Å²) in [5, 5.41) is 8.77. The van der Waals surface area contributed by atoms with Gasteiger partial charge in [-0.3, -0.25) is 0 Å². The van der Waals surface area contributed by atoms with Crippen LogP contribution in [0.25, 0.3) is 0 Å². The summed E-state index contributed by atoms with van der Waals surface area (Å²) in [7, 11) is -3.58. The van der Waals surface area contributed by atoms with Crippen LogP contribution in [0.4, 0.5) is 0 Å². The first-order valence-corrected chi connectivity index (χ1v) is 7.58. The van der Waals surface area contributed by atoms with Crippen LogP contribution in [-0.4, -0.2) is 15.0 Å². The molecule has 96 valence electrons. The van der Waals surface area contributed by atoms with Crippen molar-refractivity contribution in [3.05, 3.63) is 28.8 Å². The molecule has 0 heterocycles. The number of hydrogen-bond donors (Lipinski definition) is 1. The lowest BCUT2D eigenvalue weighted by Crippen LogP contribution is -2.25. The van der Waals surface area contributed by atoms with Gasteiger partial charge in [-0.1, -0.05) is 24.4 Å². The molecule has 0 spiro atoms. The average molecular weight is 285 g/mol. The van der Waals surface area contributed by atoms with Crippen molar-refractivity contribution in [1.82, 2.24) is 4.72 Å². The van der Waals surface area contributed by atoms with Gasteiger partial charge in [-0.2, -0.15) is 5.26 Å². The third-order valence-corrected chi connectivity index (χ3v) is 4.84. The predicted molar refractivity (Wildman–Crippen MR) is 68.7 cm³/mol. The van der Waals surface area contributed by atoms with Crippen molar-refractivity contribution in [3.8, 4) is 6.07 Å². The van der Waals surface area contributed by atoms with E-state index in [0.717, 1.165) is 6.42 Å². The molecule has 0 bridgehead atoms. The summed E-state index contributed by atoms with van der Waals surface area (Å²) in [6.45, 7) is 0.434. The van der Waals surface area contributed by atoms with E-state index in [-0.39, 0.29) is 9.92 Å². The van der Waals surface area contributed by atoms with E-state index in [1.54, 1.807) is 0 Å². The van der Waals surface area contributed by atoms with Crippen molar-refractivity contribution >= 4 is 21.6 Å². The molecular formula is C12H13ClN2O2S. The number of benzene rings is 1. The van der Waals surface area contributed by atoms with Crippen molar-refractivity contribution in [2.24, 2.45) is 5.92 Å². The first-order valence-electron chi connectivity index (χ1n) is 5.72. The molecule has 1 aliphatic rings. The summed E-state index contributed by atoms with van der Waals surface area (Å²) in [5.74, 6) is 0.670. The molecule has 0 amide bonds. The summed E-state index contributed by atoms with van der Waals surface area (Å²) in [6.07, 6.45) is 3.26. The summed E-state index contributed by atoms with van der Waals surface area (Å²) in [5.41, 5.74) is 0.344. The van der Waals surface area contributed by atoms with E-state index < -0.39 is 10.0 Å². The van der Waals surface area contributed by atoms with Crippen LogP contribution in [0.1, 0.15) is 24.8 Å². The van der Waals surface area contributed by atoms with Gasteiger partial charge in [0, 0.05) is 6.54 Å². The van der Waals surface area contributed by atoms with Gasteiger partial charge in [0.2, 0.25) is 10.0 Å². The van der Waals surface area contributed by atoms with Gasteiger partial charge < -0.3 is 0 Å². The quantitative estimate of drug-likeness (QED) is 0.902. The minimum Gasteiger partial charge on any atom is -0.211 e. The molecule has 1 aromatic carbocycles. The zero-order valence-electron chi connectivity index (χ0n) is 9.69. The Morgan fingerprint density at radius 1 is 1.44 bits per heavy atom. The van der Waals surface area contributed by atoms with E-state index in [0.29, 0.717) is 18.0 Å². The molecule has 1 N–H and O–H groups in total. The van der Waals surface area contributed by atoms with Gasteiger partial charge >= 0.3 is 0 Å². The fraction of sp³-hybridized carbons (Fsp3) is 0.417. The Kier molecular flexibility index (Phi) is 3.91. The number of rotatable bonds is 5. The van der Waals surface area contributed by atoms with Gasteiger partial charge in [0.25, 0.3) is 0 Å². The van der Waals surface area contributed by atoms with Crippen LogP contribution in [0, 0.1) is 17.2 Å². The molecule has 4 nitrogen and oxygen atoms in total. The minimum atomic E-state index is -3.58. The average Bonchev–Trinajstić information content (AvgIpc) is 3.12. The van der Waals surface area contributed by atoms with E-state index >= 15 is 0 Å². The summed E-state index contributed by atoms with van der Waals surface area (Å²) in [4.78, 5) is 0.0268. The van der Waals surface area contributed by atoms with Crippen molar-refractivity contribution in [3.63, 3.8) is 0 Å². The maximum atomic E-state index is 12.0. The highest BCUT2D eigenvalue weighted by atomic mass is 35.5. The highest BCUT2D eigenvalue weighted by Gasteiger charge is 2.23. The van der Waals surface area contributed by atoms with Crippen molar-refractivity contribution in [1.29, 1.82) is 5.26 Å². The number of nitrogens with zero attached hydrogens (tertiary/aromatic N) is 1. The first kappa shape index (κ1) is 13.3. The lowest BCUT2D eigenvalue weighted by atomic mass is 10.2. The molecular weight excluding hydrogens is 272 g/mol. The maximum Gasteiger partial charge on any atom is 0.242 e. The third-order valence-electron chi connectivity index (χ3n) is 2.89. The molecule has 1 saturated carbocycles. The van der Waals surface area contributed by atoms with Gasteiger partial charge in [-0.15, -0.1) is 0 Å². The SMILES string of the molecule is N#Cc1ccc(S(=O)(=O)NCCC2CC2)c(Cl)c1. The highest BCUT2D eigenvalue weighted by Crippen LogP contribution is 2.32. The van der Waals surface area contributed by atoms with Crippen molar-refractivity contribution in [2.75, 3.05) is 6.54 Å². The van der Waals surface area contributed by atoms with E-state index in [1.165, 1.54) is 31.0 Å². The normalized spacial score (nSPS) is 15.3. The second kappa shape index (κ2) is 5.27. The Bertz CT molecular complexity index is 589. The predicted octanol–water partition coefficient (Wildman–Crippen LogP) is 2.29. The van der Waals surface area contributed by atoms with Gasteiger partial charge in [0.05, 0.1) is 16.7 Å². The minimum absolute atomic E-state index is 0.0268.